The van der Waals surface area contributed by atoms with Crippen LogP contribution in [0.15, 0.2) is 47.4 Å². The molecule has 2 N–H and O–H groups in total. The molecule has 2 aromatic rings. The van der Waals surface area contributed by atoms with Crippen LogP contribution in [0.25, 0.3) is 0 Å². The minimum atomic E-state index is -3.96. The molecule has 0 amide bonds. The molecule has 0 saturated carbocycles. The molecule has 0 fully saturated rings. The third kappa shape index (κ3) is 6.66. The van der Waals surface area contributed by atoms with Crippen molar-refractivity contribution in [2.45, 2.75) is 45.1 Å². The fourth-order valence-corrected chi connectivity index (χ4v) is 3.93. The Hall–Kier alpha value is -2.74. The van der Waals surface area contributed by atoms with Crippen LogP contribution in [0, 0.1) is 5.92 Å². The molecule has 164 valence electrons. The van der Waals surface area contributed by atoms with Crippen molar-refractivity contribution < 1.29 is 22.7 Å². The molecular formula is C22H30N2O5S. The fourth-order valence-electron chi connectivity index (χ4n) is 2.66. The first-order valence-electron chi connectivity index (χ1n) is 9.88. The maximum atomic E-state index is 13.1. The number of sulfonamides is 1. The van der Waals surface area contributed by atoms with Gasteiger partial charge in [-0.1, -0.05) is 13.8 Å². The molecule has 30 heavy (non-hydrogen) atoms. The van der Waals surface area contributed by atoms with Crippen molar-refractivity contribution in [1.29, 1.82) is 0 Å². The van der Waals surface area contributed by atoms with E-state index < -0.39 is 16.0 Å². The first-order chi connectivity index (χ1) is 14.1. The number of rotatable bonds is 10. The number of esters is 1. The minimum absolute atomic E-state index is 0.0136. The monoisotopic (exact) mass is 434 g/mol. The summed E-state index contributed by atoms with van der Waals surface area (Å²) in [5.41, 5.74) is 0.991. The maximum absolute atomic E-state index is 13.1. The lowest BCUT2D eigenvalue weighted by molar-refractivity contribution is 0.0377. The Morgan fingerprint density at radius 1 is 1.03 bits per heavy atom. The van der Waals surface area contributed by atoms with Gasteiger partial charge in [0.2, 0.25) is 0 Å². The van der Waals surface area contributed by atoms with Gasteiger partial charge < -0.3 is 14.8 Å². The number of ether oxygens (including phenoxy) is 2. The summed E-state index contributed by atoms with van der Waals surface area (Å²) in [6, 6.07) is 11.0. The summed E-state index contributed by atoms with van der Waals surface area (Å²) in [5, 5.41) is 3.17. The number of anilines is 2. The van der Waals surface area contributed by atoms with Crippen LogP contribution in [0.5, 0.6) is 5.75 Å². The van der Waals surface area contributed by atoms with Crippen LogP contribution in [0.3, 0.4) is 0 Å². The van der Waals surface area contributed by atoms with Crippen molar-refractivity contribution in [3.63, 3.8) is 0 Å². The van der Waals surface area contributed by atoms with Crippen LogP contribution in [-0.2, 0) is 14.8 Å². The molecule has 2 aromatic carbocycles. The van der Waals surface area contributed by atoms with Gasteiger partial charge in [0.25, 0.3) is 10.0 Å². The zero-order chi connectivity index (χ0) is 22.3. The Labute approximate surface area is 178 Å². The molecule has 0 aliphatic heterocycles. The van der Waals surface area contributed by atoms with E-state index in [4.69, 9.17) is 9.47 Å². The first kappa shape index (κ1) is 23.5. The summed E-state index contributed by atoms with van der Waals surface area (Å²) < 4.78 is 39.1. The number of hydrogen-bond donors (Lipinski definition) is 2. The topological polar surface area (TPSA) is 93.7 Å². The molecule has 0 aliphatic carbocycles. The quantitative estimate of drug-likeness (QED) is 0.534. The highest BCUT2D eigenvalue weighted by Gasteiger charge is 2.22. The lowest BCUT2D eigenvalue weighted by atomic mass is 10.1. The molecule has 0 saturated heterocycles. The SMILES string of the molecule is COc1ccc(NS(=O)(=O)c2cc(C(=O)OC(C)C)ccc2NCCC(C)C)cc1. The Kier molecular flexibility index (Phi) is 8.11. The van der Waals surface area contributed by atoms with E-state index in [0.717, 1.165) is 6.42 Å². The van der Waals surface area contributed by atoms with E-state index in [-0.39, 0.29) is 16.6 Å². The predicted octanol–water partition coefficient (Wildman–Crippen LogP) is 4.52. The Morgan fingerprint density at radius 2 is 1.70 bits per heavy atom. The normalized spacial score (nSPS) is 11.4. The summed E-state index contributed by atoms with van der Waals surface area (Å²) in [7, 11) is -2.42. The largest absolute Gasteiger partial charge is 0.497 e. The highest BCUT2D eigenvalue weighted by Crippen LogP contribution is 2.27. The van der Waals surface area contributed by atoms with Gasteiger partial charge in [-0.05, 0) is 68.7 Å². The van der Waals surface area contributed by atoms with Crippen molar-refractivity contribution in [1.82, 2.24) is 0 Å². The van der Waals surface area contributed by atoms with E-state index in [1.54, 1.807) is 50.2 Å². The van der Waals surface area contributed by atoms with Crippen LogP contribution < -0.4 is 14.8 Å². The lowest BCUT2D eigenvalue weighted by Crippen LogP contribution is -2.18. The highest BCUT2D eigenvalue weighted by molar-refractivity contribution is 7.92. The summed E-state index contributed by atoms with van der Waals surface area (Å²) in [5.74, 6) is 0.516. The van der Waals surface area contributed by atoms with Gasteiger partial charge in [0.05, 0.1) is 24.5 Å². The van der Waals surface area contributed by atoms with E-state index in [2.05, 4.69) is 23.9 Å². The second-order valence-corrected chi connectivity index (χ2v) is 9.26. The third-order valence-electron chi connectivity index (χ3n) is 4.23. The molecule has 0 spiro atoms. The average molecular weight is 435 g/mol. The van der Waals surface area contributed by atoms with Crippen LogP contribution in [-0.4, -0.2) is 34.1 Å². The molecule has 0 unspecified atom stereocenters. The highest BCUT2D eigenvalue weighted by atomic mass is 32.2. The first-order valence-corrected chi connectivity index (χ1v) is 11.4. The van der Waals surface area contributed by atoms with Gasteiger partial charge in [-0.15, -0.1) is 0 Å². The van der Waals surface area contributed by atoms with Gasteiger partial charge in [0, 0.05) is 12.2 Å². The number of nitrogens with one attached hydrogen (secondary N) is 2. The van der Waals surface area contributed by atoms with Crippen molar-refractivity contribution in [3.8, 4) is 5.75 Å². The molecule has 8 heteroatoms. The van der Waals surface area contributed by atoms with Gasteiger partial charge in [0.15, 0.2) is 0 Å². The van der Waals surface area contributed by atoms with Gasteiger partial charge in [-0.3, -0.25) is 4.72 Å². The Bertz CT molecular complexity index is 954. The number of hydrogen-bond acceptors (Lipinski definition) is 6. The molecule has 2 rings (SSSR count). The number of carbonyl (C=O) groups excluding carboxylic acids is 1. The second kappa shape index (κ2) is 10.3. The van der Waals surface area contributed by atoms with E-state index >= 15 is 0 Å². The number of carbonyl (C=O) groups is 1. The van der Waals surface area contributed by atoms with E-state index in [1.807, 2.05) is 0 Å². The van der Waals surface area contributed by atoms with Crippen LogP contribution in [0.1, 0.15) is 44.5 Å². The summed E-state index contributed by atoms with van der Waals surface area (Å²) >= 11 is 0. The molecule has 0 bridgehead atoms. The molecule has 7 nitrogen and oxygen atoms in total. The fraction of sp³-hybridized carbons (Fsp3) is 0.409. The van der Waals surface area contributed by atoms with Crippen molar-refractivity contribution >= 4 is 27.4 Å². The van der Waals surface area contributed by atoms with E-state index in [1.165, 1.54) is 13.2 Å². The van der Waals surface area contributed by atoms with Crippen LogP contribution in [0.2, 0.25) is 0 Å². The Balaban J connectivity index is 2.38. The van der Waals surface area contributed by atoms with Crippen molar-refractivity contribution in [3.05, 3.63) is 48.0 Å². The van der Waals surface area contributed by atoms with Gasteiger partial charge in [-0.2, -0.15) is 0 Å². The van der Waals surface area contributed by atoms with Gasteiger partial charge >= 0.3 is 5.97 Å². The lowest BCUT2D eigenvalue weighted by Gasteiger charge is -2.16. The van der Waals surface area contributed by atoms with Crippen LogP contribution >= 0.6 is 0 Å². The third-order valence-corrected chi connectivity index (χ3v) is 5.65. The maximum Gasteiger partial charge on any atom is 0.338 e. The van der Waals surface area contributed by atoms with Gasteiger partial charge in [-0.25, -0.2) is 13.2 Å². The predicted molar refractivity (Wildman–Crippen MR) is 119 cm³/mol. The van der Waals surface area contributed by atoms with Crippen LogP contribution in [0.4, 0.5) is 11.4 Å². The van der Waals surface area contributed by atoms with Gasteiger partial charge in [0.1, 0.15) is 10.6 Å². The average Bonchev–Trinajstić information content (AvgIpc) is 2.67. The summed E-state index contributed by atoms with van der Waals surface area (Å²) in [6.45, 7) is 8.27. The number of benzene rings is 2. The molecule has 0 aromatic heterocycles. The molecule has 0 radical (unpaired) electrons. The van der Waals surface area contributed by atoms with E-state index in [9.17, 15) is 13.2 Å². The molecule has 0 aliphatic rings. The minimum Gasteiger partial charge on any atom is -0.497 e. The summed E-state index contributed by atoms with van der Waals surface area (Å²) in [6.07, 6.45) is 0.571. The molecule has 0 heterocycles. The summed E-state index contributed by atoms with van der Waals surface area (Å²) in [4.78, 5) is 12.3. The Morgan fingerprint density at radius 3 is 2.27 bits per heavy atom. The van der Waals surface area contributed by atoms with Crippen molar-refractivity contribution in [2.24, 2.45) is 5.92 Å². The second-order valence-electron chi connectivity index (χ2n) is 7.61. The number of methoxy groups -OCH3 is 1. The van der Waals surface area contributed by atoms with E-state index in [0.29, 0.717) is 29.6 Å². The standard InChI is InChI=1S/C22H30N2O5S/c1-15(2)12-13-23-20-11-6-17(22(25)29-16(3)4)14-21(20)30(26,27)24-18-7-9-19(28-5)10-8-18/h6-11,14-16,23-24H,12-13H2,1-5H3. The molecular weight excluding hydrogens is 404 g/mol. The van der Waals surface area contributed by atoms with Crippen molar-refractivity contribution in [2.75, 3.05) is 23.7 Å². The zero-order valence-corrected chi connectivity index (χ0v) is 18.9. The molecule has 0 atom stereocenters. The smallest absolute Gasteiger partial charge is 0.338 e. The zero-order valence-electron chi connectivity index (χ0n) is 18.1.